The first kappa shape index (κ1) is 19.8. The van der Waals surface area contributed by atoms with Gasteiger partial charge in [-0.2, -0.15) is 0 Å². The smallest absolute Gasteiger partial charge is 0.341 e. The molecular formula is C17H13IN2O5S2. The third-order valence-electron chi connectivity index (χ3n) is 3.58. The monoisotopic (exact) mass is 516 g/mol. The molecule has 0 saturated carbocycles. The average molecular weight is 516 g/mol. The number of carboxylic acids is 1. The predicted molar refractivity (Wildman–Crippen MR) is 112 cm³/mol. The van der Waals surface area contributed by atoms with Gasteiger partial charge in [0.1, 0.15) is 10.9 Å². The Morgan fingerprint density at radius 2 is 2.26 bits per heavy atom. The Labute approximate surface area is 176 Å². The number of rotatable bonds is 6. The van der Waals surface area contributed by atoms with Gasteiger partial charge in [-0.1, -0.05) is 11.8 Å². The molecule has 7 nitrogen and oxygen atoms in total. The summed E-state index contributed by atoms with van der Waals surface area (Å²) in [4.78, 5) is 28.1. The normalized spacial score (nSPS) is 18.1. The largest absolute Gasteiger partial charge is 0.493 e. The second kappa shape index (κ2) is 8.40. The second-order valence-corrected chi connectivity index (χ2v) is 8.53. The topological polar surface area (TPSA) is 110 Å². The number of hydrogen-bond acceptors (Lipinski definition) is 8. The number of aromatic nitrogens is 1. The number of halogens is 1. The minimum absolute atomic E-state index is 0.153. The molecule has 2 aromatic rings. The number of carbonyl (C=O) groups is 2. The zero-order valence-electron chi connectivity index (χ0n) is 13.9. The molecule has 1 aliphatic rings. The van der Waals surface area contributed by atoms with Crippen LogP contribution in [0.2, 0.25) is 0 Å². The highest BCUT2D eigenvalue weighted by Gasteiger charge is 2.38. The number of carbonyl (C=O) groups excluding carboxylic acids is 1. The molecule has 0 aliphatic carbocycles. The van der Waals surface area contributed by atoms with E-state index in [2.05, 4.69) is 4.98 Å². The third-order valence-corrected chi connectivity index (χ3v) is 6.21. The minimum Gasteiger partial charge on any atom is -0.493 e. The van der Waals surface area contributed by atoms with E-state index in [4.69, 9.17) is 20.0 Å². The average Bonchev–Trinajstić information content (AvgIpc) is 3.22. The van der Waals surface area contributed by atoms with Crippen molar-refractivity contribution in [1.29, 1.82) is 5.41 Å². The van der Waals surface area contributed by atoms with E-state index in [0.29, 0.717) is 30.5 Å². The van der Waals surface area contributed by atoms with E-state index in [-0.39, 0.29) is 10.8 Å². The van der Waals surface area contributed by atoms with Crippen molar-refractivity contribution in [3.05, 3.63) is 42.8 Å². The molecule has 1 aromatic carbocycles. The Bertz CT molecular complexity index is 943. The van der Waals surface area contributed by atoms with Crippen LogP contribution in [-0.2, 0) is 9.59 Å². The van der Waals surface area contributed by atoms with E-state index < -0.39 is 18.5 Å². The number of thioether (sulfide) groups is 1. The first-order chi connectivity index (χ1) is 12.9. The number of benzene rings is 1. The van der Waals surface area contributed by atoms with Crippen molar-refractivity contribution < 1.29 is 24.2 Å². The Morgan fingerprint density at radius 1 is 1.48 bits per heavy atom. The molecule has 0 unspecified atom stereocenters. The maximum Gasteiger partial charge on any atom is 0.341 e. The molecule has 1 aromatic heterocycles. The van der Waals surface area contributed by atoms with Gasteiger partial charge in [-0.15, -0.1) is 11.3 Å². The van der Waals surface area contributed by atoms with Crippen LogP contribution < -0.4 is 9.47 Å². The van der Waals surface area contributed by atoms with Gasteiger partial charge >= 0.3 is 5.97 Å². The summed E-state index contributed by atoms with van der Waals surface area (Å²) in [6.07, 6.45) is 3.32. The van der Waals surface area contributed by atoms with E-state index in [1.807, 2.05) is 22.6 Å². The lowest BCUT2D eigenvalue weighted by atomic mass is 10.0. The number of allylic oxidation sites excluding steroid dienone is 1. The lowest BCUT2D eigenvalue weighted by Crippen LogP contribution is -2.11. The molecule has 1 aliphatic heterocycles. The summed E-state index contributed by atoms with van der Waals surface area (Å²) in [5, 5.41) is 19.6. The Kier molecular flexibility index (Phi) is 6.17. The molecule has 0 amide bonds. The fourth-order valence-corrected chi connectivity index (χ4v) is 5.03. The number of Topliss-reactive ketones (excluding diaryl/α,β-unsaturated/α-hetero) is 1. The number of ether oxygens (including phenoxy) is 2. The molecule has 2 N–H and O–H groups in total. The van der Waals surface area contributed by atoms with Gasteiger partial charge in [0.25, 0.3) is 0 Å². The van der Waals surface area contributed by atoms with Crippen LogP contribution >= 0.6 is 45.7 Å². The van der Waals surface area contributed by atoms with E-state index in [9.17, 15) is 9.59 Å². The van der Waals surface area contributed by atoms with Crippen molar-refractivity contribution in [2.75, 3.05) is 13.7 Å². The van der Waals surface area contributed by atoms with Crippen LogP contribution in [-0.4, -0.2) is 40.6 Å². The maximum atomic E-state index is 12.7. The number of thiazole rings is 1. The molecule has 2 heterocycles. The fraction of sp³-hybridized carbons (Fsp3) is 0.176. The van der Waals surface area contributed by atoms with Gasteiger partial charge < -0.3 is 14.6 Å². The molecule has 3 rings (SSSR count). The number of ketones is 1. The molecule has 140 valence electrons. The summed E-state index contributed by atoms with van der Waals surface area (Å²) in [6, 6.07) is 3.43. The van der Waals surface area contributed by atoms with Crippen LogP contribution in [0.25, 0.3) is 6.08 Å². The zero-order chi connectivity index (χ0) is 19.6. The number of carboxylic acid groups (broad SMARTS) is 1. The van der Waals surface area contributed by atoms with Crippen molar-refractivity contribution in [2.24, 2.45) is 0 Å². The van der Waals surface area contributed by atoms with Gasteiger partial charge in [0.15, 0.2) is 23.9 Å². The first-order valence-electron chi connectivity index (χ1n) is 7.54. The Hall–Kier alpha value is -1.92. The van der Waals surface area contributed by atoms with Crippen LogP contribution in [0.4, 0.5) is 0 Å². The fourth-order valence-electron chi connectivity index (χ4n) is 2.44. The van der Waals surface area contributed by atoms with Crippen molar-refractivity contribution >= 4 is 68.6 Å². The highest BCUT2D eigenvalue weighted by Crippen LogP contribution is 2.42. The summed E-state index contributed by atoms with van der Waals surface area (Å²) in [6.45, 7) is -0.478. The van der Waals surface area contributed by atoms with E-state index >= 15 is 0 Å². The second-order valence-electron chi connectivity index (χ2n) is 5.36. The molecule has 0 bridgehead atoms. The highest BCUT2D eigenvalue weighted by molar-refractivity contribution is 14.1. The molecule has 0 spiro atoms. The van der Waals surface area contributed by atoms with Crippen molar-refractivity contribution in [3.8, 4) is 11.5 Å². The lowest BCUT2D eigenvalue weighted by Gasteiger charge is -2.12. The summed E-state index contributed by atoms with van der Waals surface area (Å²) in [7, 11) is 1.46. The quantitative estimate of drug-likeness (QED) is 0.446. The number of aliphatic carboxylic acids is 1. The number of methoxy groups -OCH3 is 1. The molecule has 0 radical (unpaired) electrons. The van der Waals surface area contributed by atoms with E-state index in [1.54, 1.807) is 29.8 Å². The van der Waals surface area contributed by atoms with Crippen molar-refractivity contribution in [1.82, 2.24) is 4.98 Å². The lowest BCUT2D eigenvalue weighted by molar-refractivity contribution is -0.139. The minimum atomic E-state index is -1.08. The van der Waals surface area contributed by atoms with Crippen LogP contribution in [0.5, 0.6) is 11.5 Å². The SMILES string of the molecule is COc1cc(/C=C2\SC(=N)[C@H](c3nccs3)C2=O)cc(I)c1OCC(=O)O. The predicted octanol–water partition coefficient (Wildman–Crippen LogP) is 3.64. The number of hydrogen-bond donors (Lipinski definition) is 2. The summed E-state index contributed by atoms with van der Waals surface area (Å²) in [5.74, 6) is -1.17. The van der Waals surface area contributed by atoms with Crippen LogP contribution in [0.1, 0.15) is 16.5 Å². The zero-order valence-corrected chi connectivity index (χ0v) is 17.7. The van der Waals surface area contributed by atoms with E-state index in [0.717, 1.165) is 11.8 Å². The molecule has 1 saturated heterocycles. The van der Waals surface area contributed by atoms with Crippen molar-refractivity contribution in [3.63, 3.8) is 0 Å². The number of nitrogens with one attached hydrogen (secondary N) is 1. The van der Waals surface area contributed by atoms with Gasteiger partial charge in [-0.05, 0) is 46.4 Å². The molecule has 1 fully saturated rings. The molecular weight excluding hydrogens is 503 g/mol. The van der Waals surface area contributed by atoms with Crippen LogP contribution in [0, 0.1) is 8.98 Å². The first-order valence-corrected chi connectivity index (χ1v) is 10.3. The highest BCUT2D eigenvalue weighted by atomic mass is 127. The molecule has 27 heavy (non-hydrogen) atoms. The van der Waals surface area contributed by atoms with Crippen LogP contribution in [0.15, 0.2) is 28.6 Å². The van der Waals surface area contributed by atoms with Gasteiger partial charge in [-0.3, -0.25) is 10.2 Å². The van der Waals surface area contributed by atoms with Crippen LogP contribution in [0.3, 0.4) is 0 Å². The van der Waals surface area contributed by atoms with Crippen molar-refractivity contribution in [2.45, 2.75) is 5.92 Å². The Morgan fingerprint density at radius 3 is 2.89 bits per heavy atom. The Balaban J connectivity index is 1.91. The van der Waals surface area contributed by atoms with E-state index in [1.165, 1.54) is 18.4 Å². The summed E-state index contributed by atoms with van der Waals surface area (Å²) >= 11 is 4.50. The number of nitrogens with zero attached hydrogens (tertiary/aromatic N) is 1. The molecule has 1 atom stereocenters. The van der Waals surface area contributed by atoms with Gasteiger partial charge in [0.2, 0.25) is 0 Å². The summed E-state index contributed by atoms with van der Waals surface area (Å²) < 4.78 is 11.2. The third kappa shape index (κ3) is 4.33. The standard InChI is InChI=1S/C17H13IN2O5S2/c1-24-10-5-8(4-9(18)15(10)25-7-12(21)22)6-11-14(23)13(16(19)27-11)17-20-2-3-26-17/h2-6,13,19H,7H2,1H3,(H,21,22)/b11-6-,19-16?/t13-/m1/s1. The van der Waals surface area contributed by atoms with Gasteiger partial charge in [-0.25, -0.2) is 9.78 Å². The summed E-state index contributed by atoms with van der Waals surface area (Å²) in [5.41, 5.74) is 0.697. The molecule has 10 heteroatoms. The maximum absolute atomic E-state index is 12.7. The van der Waals surface area contributed by atoms with Gasteiger partial charge in [0.05, 0.1) is 20.6 Å². The van der Waals surface area contributed by atoms with Gasteiger partial charge in [0, 0.05) is 11.6 Å².